The van der Waals surface area contributed by atoms with Gasteiger partial charge >= 0.3 is 0 Å². The summed E-state index contributed by atoms with van der Waals surface area (Å²) in [7, 11) is 0. The second-order valence-electron chi connectivity index (χ2n) is 10.2. The molecule has 0 heterocycles. The van der Waals surface area contributed by atoms with E-state index in [1.165, 1.54) is 154 Å². The van der Waals surface area contributed by atoms with Crippen molar-refractivity contribution in [1.29, 1.82) is 0 Å². The summed E-state index contributed by atoms with van der Waals surface area (Å²) in [5, 5.41) is 0. The van der Waals surface area contributed by atoms with E-state index in [1.54, 1.807) is 0 Å². The summed E-state index contributed by atoms with van der Waals surface area (Å²) in [4.78, 5) is 0. The van der Waals surface area contributed by atoms with Gasteiger partial charge in [-0.05, 0) is 51.4 Å². The van der Waals surface area contributed by atoms with Crippen molar-refractivity contribution in [3.05, 3.63) is 48.6 Å². The first-order chi connectivity index (χ1) is 16.9. The van der Waals surface area contributed by atoms with Gasteiger partial charge < -0.3 is 0 Å². The van der Waals surface area contributed by atoms with Crippen molar-refractivity contribution in [2.24, 2.45) is 0 Å². The van der Waals surface area contributed by atoms with Crippen LogP contribution < -0.4 is 0 Å². The van der Waals surface area contributed by atoms with Crippen LogP contribution in [0.15, 0.2) is 48.6 Å². The van der Waals surface area contributed by atoms with E-state index >= 15 is 0 Å². The van der Waals surface area contributed by atoms with E-state index < -0.39 is 0 Å². The molecule has 0 rings (SSSR count). The Morgan fingerprint density at radius 3 is 0.765 bits per heavy atom. The SMILES string of the molecule is CCCCCC=CC=CCCCCCCCCCCCCCCCC=CC=CCCCCCC. The molecule has 34 heavy (non-hydrogen) atoms. The minimum Gasteiger partial charge on any atom is -0.0845 e. The van der Waals surface area contributed by atoms with Crippen molar-refractivity contribution in [2.75, 3.05) is 0 Å². The van der Waals surface area contributed by atoms with Gasteiger partial charge in [-0.15, -0.1) is 0 Å². The lowest BCUT2D eigenvalue weighted by Crippen LogP contribution is -1.83. The minimum atomic E-state index is 1.24. The van der Waals surface area contributed by atoms with Crippen LogP contribution in [-0.4, -0.2) is 0 Å². The standard InChI is InChI=1S/C34H62/c1-3-5-7-9-11-13-15-17-19-21-23-25-27-29-31-33-34-32-30-28-26-24-22-20-18-16-14-12-10-8-6-4-2/h11,13-18,20H,3-10,12,19,21-34H2,1-2H3. The molecule has 0 nitrogen and oxygen atoms in total. The Bertz CT molecular complexity index is 464. The minimum absolute atomic E-state index is 1.24. The summed E-state index contributed by atoms with van der Waals surface area (Å²) in [5.74, 6) is 0. The largest absolute Gasteiger partial charge is 0.0845 e. The van der Waals surface area contributed by atoms with Gasteiger partial charge in [-0.2, -0.15) is 0 Å². The van der Waals surface area contributed by atoms with Crippen LogP contribution in [0.4, 0.5) is 0 Å². The molecule has 0 saturated carbocycles. The molecule has 0 aromatic rings. The Balaban J connectivity index is 3.17. The molecule has 0 unspecified atom stereocenters. The van der Waals surface area contributed by atoms with Crippen molar-refractivity contribution < 1.29 is 0 Å². The van der Waals surface area contributed by atoms with Crippen LogP contribution in [0.1, 0.15) is 168 Å². The highest BCUT2D eigenvalue weighted by Gasteiger charge is 1.94. The fourth-order valence-electron chi connectivity index (χ4n) is 4.37. The Labute approximate surface area is 216 Å². The molecule has 0 aromatic carbocycles. The third kappa shape index (κ3) is 31.0. The van der Waals surface area contributed by atoms with Gasteiger partial charge in [0.2, 0.25) is 0 Å². The van der Waals surface area contributed by atoms with Gasteiger partial charge in [0.1, 0.15) is 0 Å². The van der Waals surface area contributed by atoms with Gasteiger partial charge in [0.25, 0.3) is 0 Å². The molecular formula is C34H62. The third-order valence-electron chi connectivity index (χ3n) is 6.71. The molecule has 0 atom stereocenters. The molecule has 0 amide bonds. The van der Waals surface area contributed by atoms with Crippen LogP contribution in [-0.2, 0) is 0 Å². The van der Waals surface area contributed by atoms with E-state index in [0.717, 1.165) is 0 Å². The van der Waals surface area contributed by atoms with Gasteiger partial charge in [0, 0.05) is 0 Å². The highest BCUT2D eigenvalue weighted by Crippen LogP contribution is 2.13. The average Bonchev–Trinajstić information content (AvgIpc) is 2.85. The van der Waals surface area contributed by atoms with E-state index in [-0.39, 0.29) is 0 Å². The second kappa shape index (κ2) is 32.0. The molecule has 0 spiro atoms. The molecule has 0 bridgehead atoms. The zero-order valence-electron chi connectivity index (χ0n) is 23.6. The van der Waals surface area contributed by atoms with E-state index in [4.69, 9.17) is 0 Å². The molecule has 0 aliphatic rings. The molecule has 0 aliphatic heterocycles. The Kier molecular flexibility index (Phi) is 31.0. The fourth-order valence-corrected chi connectivity index (χ4v) is 4.37. The first-order valence-electron chi connectivity index (χ1n) is 15.5. The molecular weight excluding hydrogens is 408 g/mol. The van der Waals surface area contributed by atoms with Crippen molar-refractivity contribution in [3.63, 3.8) is 0 Å². The summed E-state index contributed by atoms with van der Waals surface area (Å²) < 4.78 is 0. The molecule has 0 N–H and O–H groups in total. The van der Waals surface area contributed by atoms with Crippen LogP contribution in [0.2, 0.25) is 0 Å². The second-order valence-corrected chi connectivity index (χ2v) is 10.2. The molecule has 0 radical (unpaired) electrons. The Morgan fingerprint density at radius 2 is 0.471 bits per heavy atom. The molecule has 0 aromatic heterocycles. The van der Waals surface area contributed by atoms with Gasteiger partial charge in [-0.3, -0.25) is 0 Å². The Hall–Kier alpha value is -1.04. The van der Waals surface area contributed by atoms with Crippen molar-refractivity contribution in [2.45, 2.75) is 168 Å². The molecule has 0 saturated heterocycles. The number of hydrogen-bond acceptors (Lipinski definition) is 0. The fraction of sp³-hybridized carbons (Fsp3) is 0.765. The lowest BCUT2D eigenvalue weighted by atomic mass is 10.0. The van der Waals surface area contributed by atoms with Crippen LogP contribution >= 0.6 is 0 Å². The smallest absolute Gasteiger partial charge is 0.0348 e. The maximum absolute atomic E-state index is 2.35. The third-order valence-corrected chi connectivity index (χ3v) is 6.71. The number of unbranched alkanes of at least 4 members (excludes halogenated alkanes) is 21. The number of rotatable bonds is 27. The quantitative estimate of drug-likeness (QED) is 0.0826. The van der Waals surface area contributed by atoms with Crippen LogP contribution in [0, 0.1) is 0 Å². The van der Waals surface area contributed by atoms with Gasteiger partial charge in [0.05, 0.1) is 0 Å². The van der Waals surface area contributed by atoms with E-state index in [2.05, 4.69) is 62.5 Å². The predicted octanol–water partition coefficient (Wildman–Crippen LogP) is 12.6. The lowest BCUT2D eigenvalue weighted by molar-refractivity contribution is 0.538. The van der Waals surface area contributed by atoms with Crippen LogP contribution in [0.5, 0.6) is 0 Å². The predicted molar refractivity (Wildman–Crippen MR) is 159 cm³/mol. The van der Waals surface area contributed by atoms with E-state index in [1.807, 2.05) is 0 Å². The summed E-state index contributed by atoms with van der Waals surface area (Å²) in [6.45, 7) is 4.54. The summed E-state index contributed by atoms with van der Waals surface area (Å²) >= 11 is 0. The highest BCUT2D eigenvalue weighted by molar-refractivity contribution is 5.02. The molecule has 0 fully saturated rings. The van der Waals surface area contributed by atoms with Crippen LogP contribution in [0.3, 0.4) is 0 Å². The van der Waals surface area contributed by atoms with Crippen molar-refractivity contribution >= 4 is 0 Å². The monoisotopic (exact) mass is 470 g/mol. The first kappa shape index (κ1) is 33.0. The van der Waals surface area contributed by atoms with Gasteiger partial charge in [0.15, 0.2) is 0 Å². The normalized spacial score (nSPS) is 12.4. The maximum Gasteiger partial charge on any atom is -0.0348 e. The van der Waals surface area contributed by atoms with Gasteiger partial charge in [-0.1, -0.05) is 165 Å². The number of allylic oxidation sites excluding steroid dienone is 8. The summed E-state index contributed by atoms with van der Waals surface area (Å²) in [5.41, 5.74) is 0. The van der Waals surface area contributed by atoms with Crippen molar-refractivity contribution in [1.82, 2.24) is 0 Å². The van der Waals surface area contributed by atoms with Crippen LogP contribution in [0.25, 0.3) is 0 Å². The molecule has 198 valence electrons. The Morgan fingerprint density at radius 1 is 0.265 bits per heavy atom. The highest BCUT2D eigenvalue weighted by atomic mass is 14.0. The number of hydrogen-bond donors (Lipinski definition) is 0. The van der Waals surface area contributed by atoms with E-state index in [0.29, 0.717) is 0 Å². The van der Waals surface area contributed by atoms with E-state index in [9.17, 15) is 0 Å². The molecule has 0 aliphatic carbocycles. The lowest BCUT2D eigenvalue weighted by Gasteiger charge is -2.03. The topological polar surface area (TPSA) is 0 Å². The first-order valence-corrected chi connectivity index (χ1v) is 15.5. The summed E-state index contributed by atoms with van der Waals surface area (Å²) in [6.07, 6.45) is 51.5. The molecule has 0 heteroatoms. The average molecular weight is 471 g/mol. The maximum atomic E-state index is 2.35. The zero-order chi connectivity index (χ0) is 24.6. The van der Waals surface area contributed by atoms with Gasteiger partial charge in [-0.25, -0.2) is 0 Å². The van der Waals surface area contributed by atoms with Crippen molar-refractivity contribution in [3.8, 4) is 0 Å². The zero-order valence-corrected chi connectivity index (χ0v) is 23.6. The summed E-state index contributed by atoms with van der Waals surface area (Å²) in [6, 6.07) is 0.